The first-order chi connectivity index (χ1) is 15.2. The molecule has 2 aromatic carbocycles. The van der Waals surface area contributed by atoms with Crippen LogP contribution in [0, 0.1) is 5.82 Å². The molecule has 2 heterocycles. The summed E-state index contributed by atoms with van der Waals surface area (Å²) >= 11 is 0. The van der Waals surface area contributed by atoms with Crippen molar-refractivity contribution in [1.82, 2.24) is 19.6 Å². The predicted molar refractivity (Wildman–Crippen MR) is 118 cm³/mol. The first kappa shape index (κ1) is 21.5. The molecule has 4 rings (SSSR count). The molecule has 0 radical (unpaired) electrons. The van der Waals surface area contributed by atoms with Crippen LogP contribution in [-0.4, -0.2) is 64.1 Å². The maximum Gasteiger partial charge on any atom is 0.131 e. The van der Waals surface area contributed by atoms with Crippen LogP contribution >= 0.6 is 0 Å². The van der Waals surface area contributed by atoms with Crippen molar-refractivity contribution in [3.63, 3.8) is 0 Å². The second-order valence-corrected chi connectivity index (χ2v) is 7.95. The van der Waals surface area contributed by atoms with Gasteiger partial charge in [-0.25, -0.2) is 9.07 Å². The van der Waals surface area contributed by atoms with Gasteiger partial charge in [0.2, 0.25) is 0 Å². The molecular formula is C24H29FN4O2. The van der Waals surface area contributed by atoms with Gasteiger partial charge in [0.15, 0.2) is 0 Å². The van der Waals surface area contributed by atoms with Crippen molar-refractivity contribution >= 4 is 0 Å². The van der Waals surface area contributed by atoms with Gasteiger partial charge in [0.1, 0.15) is 11.6 Å². The molecule has 1 aliphatic heterocycles. The van der Waals surface area contributed by atoms with Gasteiger partial charge in [-0.15, -0.1) is 0 Å². The minimum Gasteiger partial charge on any atom is -0.497 e. The van der Waals surface area contributed by atoms with Crippen molar-refractivity contribution in [2.75, 3.05) is 33.4 Å². The molecule has 1 atom stereocenters. The number of hydrogen-bond acceptors (Lipinski definition) is 5. The zero-order valence-corrected chi connectivity index (χ0v) is 17.8. The number of benzene rings is 2. The third-order valence-electron chi connectivity index (χ3n) is 5.90. The second-order valence-electron chi connectivity index (χ2n) is 7.95. The highest BCUT2D eigenvalue weighted by molar-refractivity contribution is 5.34. The van der Waals surface area contributed by atoms with E-state index in [9.17, 15) is 9.50 Å². The minimum absolute atomic E-state index is 0.124. The van der Waals surface area contributed by atoms with Gasteiger partial charge in [-0.1, -0.05) is 18.2 Å². The summed E-state index contributed by atoms with van der Waals surface area (Å²) in [7, 11) is 1.54. The van der Waals surface area contributed by atoms with Crippen molar-refractivity contribution in [2.45, 2.75) is 25.6 Å². The molecule has 0 amide bonds. The average Bonchev–Trinajstić information content (AvgIpc) is 3.32. The summed E-state index contributed by atoms with van der Waals surface area (Å²) in [5.41, 5.74) is 2.94. The molecule has 164 valence electrons. The standard InChI is InChI=1S/C24H29FN4O2/c1-31-23-8-5-20(24(25)15-23)17-28-13-12-27(18-22(28)9-14-30)16-19-3-6-21(7-4-19)29-11-2-10-26-29/h2-8,10-11,15,22,30H,9,12-14,16-18H2,1H3/t22-/m1/s1. The van der Waals surface area contributed by atoms with Crippen LogP contribution in [-0.2, 0) is 13.1 Å². The molecule has 1 aliphatic rings. The molecule has 1 N–H and O–H groups in total. The third-order valence-corrected chi connectivity index (χ3v) is 5.90. The van der Waals surface area contributed by atoms with Crippen molar-refractivity contribution < 1.29 is 14.2 Å². The summed E-state index contributed by atoms with van der Waals surface area (Å²) in [4.78, 5) is 4.68. The number of methoxy groups -OCH3 is 1. The zero-order valence-electron chi connectivity index (χ0n) is 17.8. The number of piperazine rings is 1. The number of rotatable bonds is 8. The SMILES string of the molecule is COc1ccc(CN2CCN(Cc3ccc(-n4cccn4)cc3)C[C@H]2CCO)c(F)c1. The number of nitrogens with zero attached hydrogens (tertiary/aromatic N) is 4. The van der Waals surface area contributed by atoms with Crippen LogP contribution in [0.15, 0.2) is 60.9 Å². The van der Waals surface area contributed by atoms with Gasteiger partial charge < -0.3 is 9.84 Å². The van der Waals surface area contributed by atoms with Crippen LogP contribution in [0.4, 0.5) is 4.39 Å². The Kier molecular flexibility index (Phi) is 6.96. The smallest absolute Gasteiger partial charge is 0.131 e. The summed E-state index contributed by atoms with van der Waals surface area (Å²) in [6.07, 6.45) is 4.37. The van der Waals surface area contributed by atoms with Crippen LogP contribution in [0.2, 0.25) is 0 Å². The van der Waals surface area contributed by atoms with Gasteiger partial charge in [-0.3, -0.25) is 9.80 Å². The maximum absolute atomic E-state index is 14.4. The Hall–Kier alpha value is -2.74. The van der Waals surface area contributed by atoms with Gasteiger partial charge in [0, 0.05) is 69.4 Å². The number of halogens is 1. The van der Waals surface area contributed by atoms with Crippen LogP contribution in [0.5, 0.6) is 5.75 Å². The Balaban J connectivity index is 1.38. The van der Waals surface area contributed by atoms with Gasteiger partial charge >= 0.3 is 0 Å². The number of aliphatic hydroxyl groups excluding tert-OH is 1. The van der Waals surface area contributed by atoms with E-state index >= 15 is 0 Å². The summed E-state index contributed by atoms with van der Waals surface area (Å²) in [5.74, 6) is 0.276. The first-order valence-electron chi connectivity index (χ1n) is 10.6. The van der Waals surface area contributed by atoms with Crippen LogP contribution < -0.4 is 4.74 Å². The first-order valence-corrected chi connectivity index (χ1v) is 10.6. The highest BCUT2D eigenvalue weighted by atomic mass is 19.1. The van der Waals surface area contributed by atoms with E-state index in [4.69, 9.17) is 4.74 Å². The Morgan fingerprint density at radius 3 is 2.65 bits per heavy atom. The fourth-order valence-corrected chi connectivity index (χ4v) is 4.17. The largest absolute Gasteiger partial charge is 0.497 e. The number of hydrogen-bond donors (Lipinski definition) is 1. The molecule has 7 heteroatoms. The van der Waals surface area contributed by atoms with Crippen molar-refractivity contribution in [3.05, 3.63) is 77.9 Å². The lowest BCUT2D eigenvalue weighted by Crippen LogP contribution is -2.52. The van der Waals surface area contributed by atoms with Gasteiger partial charge in [-0.05, 0) is 36.2 Å². The van der Waals surface area contributed by atoms with E-state index in [1.807, 2.05) is 16.9 Å². The van der Waals surface area contributed by atoms with E-state index in [1.54, 1.807) is 18.3 Å². The molecule has 0 spiro atoms. The predicted octanol–water partition coefficient (Wildman–Crippen LogP) is 3.09. The van der Waals surface area contributed by atoms with Gasteiger partial charge in [-0.2, -0.15) is 5.10 Å². The highest BCUT2D eigenvalue weighted by Crippen LogP contribution is 2.22. The Morgan fingerprint density at radius 1 is 1.13 bits per heavy atom. The molecule has 0 saturated carbocycles. The van der Waals surface area contributed by atoms with E-state index in [-0.39, 0.29) is 18.5 Å². The molecule has 1 aromatic heterocycles. The van der Waals surface area contributed by atoms with Crippen LogP contribution in [0.1, 0.15) is 17.5 Å². The van der Waals surface area contributed by atoms with Crippen LogP contribution in [0.3, 0.4) is 0 Å². The topological polar surface area (TPSA) is 53.8 Å². The quantitative estimate of drug-likeness (QED) is 0.602. The summed E-state index contributed by atoms with van der Waals surface area (Å²) < 4.78 is 21.4. The zero-order chi connectivity index (χ0) is 21.6. The molecule has 31 heavy (non-hydrogen) atoms. The minimum atomic E-state index is -0.248. The molecule has 0 bridgehead atoms. The second kappa shape index (κ2) is 10.0. The summed E-state index contributed by atoms with van der Waals surface area (Å²) in [5, 5.41) is 13.8. The van der Waals surface area contributed by atoms with Crippen molar-refractivity contribution in [2.24, 2.45) is 0 Å². The summed E-state index contributed by atoms with van der Waals surface area (Å²) in [6, 6.07) is 15.5. The lowest BCUT2D eigenvalue weighted by atomic mass is 10.1. The molecule has 3 aromatic rings. The van der Waals surface area contributed by atoms with Crippen molar-refractivity contribution in [1.29, 1.82) is 0 Å². The van der Waals surface area contributed by atoms with Crippen LogP contribution in [0.25, 0.3) is 5.69 Å². The molecule has 0 aliphatic carbocycles. The number of aliphatic hydroxyl groups is 1. The highest BCUT2D eigenvalue weighted by Gasteiger charge is 2.27. The van der Waals surface area contributed by atoms with Crippen molar-refractivity contribution in [3.8, 4) is 11.4 Å². The monoisotopic (exact) mass is 424 g/mol. The molecular weight excluding hydrogens is 395 g/mol. The maximum atomic E-state index is 14.4. The van der Waals surface area contributed by atoms with E-state index < -0.39 is 0 Å². The fourth-order valence-electron chi connectivity index (χ4n) is 4.17. The van der Waals surface area contributed by atoms with E-state index in [0.29, 0.717) is 24.3 Å². The average molecular weight is 425 g/mol. The van der Waals surface area contributed by atoms with E-state index in [2.05, 4.69) is 39.2 Å². The van der Waals surface area contributed by atoms with Gasteiger partial charge in [0.05, 0.1) is 12.8 Å². The molecule has 0 unspecified atom stereocenters. The summed E-state index contributed by atoms with van der Waals surface area (Å²) in [6.45, 7) is 4.10. The Labute approximate surface area is 182 Å². The van der Waals surface area contributed by atoms with E-state index in [1.165, 1.54) is 18.7 Å². The molecule has 6 nitrogen and oxygen atoms in total. The lowest BCUT2D eigenvalue weighted by molar-refractivity contribution is 0.0493. The normalized spacial score (nSPS) is 17.7. The van der Waals surface area contributed by atoms with E-state index in [0.717, 1.165) is 31.9 Å². The molecule has 1 saturated heterocycles. The fraction of sp³-hybridized carbons (Fsp3) is 0.375. The Bertz CT molecular complexity index is 962. The third kappa shape index (κ3) is 5.31. The number of aromatic nitrogens is 2. The number of ether oxygens (including phenoxy) is 1. The van der Waals surface area contributed by atoms with Gasteiger partial charge in [0.25, 0.3) is 0 Å². The lowest BCUT2D eigenvalue weighted by Gasteiger charge is -2.41. The molecule has 1 fully saturated rings. The Morgan fingerprint density at radius 2 is 1.97 bits per heavy atom.